The Morgan fingerprint density at radius 1 is 1.03 bits per heavy atom. The molecule has 4 aromatic rings. The predicted octanol–water partition coefficient (Wildman–Crippen LogP) is 7.24. The minimum Gasteiger partial charge on any atom is -0.483 e. The van der Waals surface area contributed by atoms with Crippen molar-refractivity contribution in [3.8, 4) is 27.6 Å². The molecule has 0 atom stereocenters. The summed E-state index contributed by atoms with van der Waals surface area (Å²) in [7, 11) is 0. The first-order valence-corrected chi connectivity index (χ1v) is 11.9. The molecule has 0 aliphatic rings. The van der Waals surface area contributed by atoms with E-state index in [1.165, 1.54) is 17.4 Å². The third kappa shape index (κ3) is 5.34. The number of para-hydroxylation sites is 1. The standard InChI is InChI=1S/C28H27FN2O2S/c1-18-13-14-25(21(15-18)28(2,3)4)33-16-26(32)30-23-12-8-6-10-20(23)24-17-34-27(31-24)19-9-5-7-11-22(19)29/h5-15,17H,16H2,1-4H3,(H,30,32). The van der Waals surface area contributed by atoms with Gasteiger partial charge in [0.05, 0.1) is 11.4 Å². The van der Waals surface area contributed by atoms with E-state index >= 15 is 0 Å². The molecule has 6 heteroatoms. The lowest BCUT2D eigenvalue weighted by atomic mass is 9.85. The van der Waals surface area contributed by atoms with Gasteiger partial charge in [-0.15, -0.1) is 11.3 Å². The number of hydrogen-bond acceptors (Lipinski definition) is 4. The Kier molecular flexibility index (Phi) is 6.80. The average Bonchev–Trinajstić information content (AvgIpc) is 3.28. The molecule has 0 aliphatic heterocycles. The number of carbonyl (C=O) groups is 1. The number of nitrogens with zero attached hydrogens (tertiary/aromatic N) is 1. The third-order valence-corrected chi connectivity index (χ3v) is 6.26. The summed E-state index contributed by atoms with van der Waals surface area (Å²) in [4.78, 5) is 17.4. The Bertz CT molecular complexity index is 1320. The summed E-state index contributed by atoms with van der Waals surface area (Å²) in [5.74, 6) is 0.126. The summed E-state index contributed by atoms with van der Waals surface area (Å²) in [6.45, 7) is 8.29. The molecule has 0 radical (unpaired) electrons. The second-order valence-corrected chi connectivity index (χ2v) is 10.0. The van der Waals surface area contributed by atoms with Crippen molar-refractivity contribution in [3.05, 3.63) is 89.1 Å². The van der Waals surface area contributed by atoms with E-state index in [0.29, 0.717) is 27.7 Å². The number of aromatic nitrogens is 1. The maximum Gasteiger partial charge on any atom is 0.262 e. The smallest absolute Gasteiger partial charge is 0.262 e. The van der Waals surface area contributed by atoms with Crippen LogP contribution in [-0.2, 0) is 10.2 Å². The van der Waals surface area contributed by atoms with Crippen molar-refractivity contribution in [1.29, 1.82) is 0 Å². The van der Waals surface area contributed by atoms with Crippen LogP contribution in [0.4, 0.5) is 10.1 Å². The van der Waals surface area contributed by atoms with Gasteiger partial charge in [-0.1, -0.05) is 68.8 Å². The van der Waals surface area contributed by atoms with E-state index in [9.17, 15) is 9.18 Å². The second-order valence-electron chi connectivity index (χ2n) is 9.15. The Hall–Kier alpha value is -3.51. The molecule has 4 rings (SSSR count). The van der Waals surface area contributed by atoms with E-state index in [4.69, 9.17) is 4.74 Å². The molecule has 4 nitrogen and oxygen atoms in total. The van der Waals surface area contributed by atoms with Crippen LogP contribution < -0.4 is 10.1 Å². The van der Waals surface area contributed by atoms with Crippen LogP contribution >= 0.6 is 11.3 Å². The molecule has 0 bridgehead atoms. The molecule has 0 spiro atoms. The summed E-state index contributed by atoms with van der Waals surface area (Å²) in [6.07, 6.45) is 0. The minimum atomic E-state index is -0.312. The number of rotatable bonds is 6. The van der Waals surface area contributed by atoms with Gasteiger partial charge in [0.15, 0.2) is 6.61 Å². The zero-order chi connectivity index (χ0) is 24.3. The molecule has 0 saturated carbocycles. The van der Waals surface area contributed by atoms with E-state index < -0.39 is 0 Å². The molecule has 0 unspecified atom stereocenters. The highest BCUT2D eigenvalue weighted by Crippen LogP contribution is 2.34. The first-order valence-electron chi connectivity index (χ1n) is 11.1. The third-order valence-electron chi connectivity index (χ3n) is 5.39. The van der Waals surface area contributed by atoms with Crippen LogP contribution in [0.25, 0.3) is 21.8 Å². The van der Waals surface area contributed by atoms with Gasteiger partial charge in [-0.2, -0.15) is 0 Å². The lowest BCUT2D eigenvalue weighted by Gasteiger charge is -2.23. The normalized spacial score (nSPS) is 11.3. The number of halogens is 1. The van der Waals surface area contributed by atoms with Gasteiger partial charge in [0.1, 0.15) is 16.6 Å². The first kappa shape index (κ1) is 23.6. The second kappa shape index (κ2) is 9.77. The van der Waals surface area contributed by atoms with E-state index in [-0.39, 0.29) is 23.7 Å². The number of ether oxygens (including phenoxy) is 1. The fourth-order valence-corrected chi connectivity index (χ4v) is 4.50. The first-order chi connectivity index (χ1) is 16.2. The maximum absolute atomic E-state index is 14.2. The van der Waals surface area contributed by atoms with Crippen molar-refractivity contribution in [3.63, 3.8) is 0 Å². The van der Waals surface area contributed by atoms with Gasteiger partial charge in [-0.3, -0.25) is 4.79 Å². The number of aryl methyl sites for hydroxylation is 1. The number of amides is 1. The van der Waals surface area contributed by atoms with Gasteiger partial charge in [0.2, 0.25) is 0 Å². The van der Waals surface area contributed by atoms with E-state index in [1.807, 2.05) is 48.7 Å². The quantitative estimate of drug-likeness (QED) is 0.320. The summed E-state index contributed by atoms with van der Waals surface area (Å²) in [6, 6.07) is 20.0. The van der Waals surface area contributed by atoms with Gasteiger partial charge in [-0.25, -0.2) is 9.37 Å². The van der Waals surface area contributed by atoms with Crippen LogP contribution in [0.5, 0.6) is 5.75 Å². The zero-order valence-corrected chi connectivity index (χ0v) is 20.5. The van der Waals surface area contributed by atoms with E-state index in [0.717, 1.165) is 16.7 Å². The van der Waals surface area contributed by atoms with Crippen LogP contribution in [0.15, 0.2) is 72.1 Å². The molecule has 0 saturated heterocycles. The van der Waals surface area contributed by atoms with Crippen molar-refractivity contribution in [2.45, 2.75) is 33.1 Å². The van der Waals surface area contributed by atoms with Crippen molar-refractivity contribution in [2.75, 3.05) is 11.9 Å². The Morgan fingerprint density at radius 2 is 1.74 bits per heavy atom. The number of nitrogens with one attached hydrogen (secondary N) is 1. The summed E-state index contributed by atoms with van der Waals surface area (Å²) in [5.41, 5.74) is 4.62. The molecule has 1 amide bonds. The molecule has 0 fully saturated rings. The van der Waals surface area contributed by atoms with E-state index in [1.54, 1.807) is 18.2 Å². The fourth-order valence-electron chi connectivity index (χ4n) is 3.66. The van der Waals surface area contributed by atoms with Gasteiger partial charge in [-0.05, 0) is 42.2 Å². The Morgan fingerprint density at radius 3 is 2.47 bits per heavy atom. The highest BCUT2D eigenvalue weighted by atomic mass is 32.1. The van der Waals surface area contributed by atoms with Crippen LogP contribution in [0.3, 0.4) is 0 Å². The lowest BCUT2D eigenvalue weighted by Crippen LogP contribution is -2.22. The topological polar surface area (TPSA) is 51.2 Å². The number of benzene rings is 3. The van der Waals surface area contributed by atoms with Crippen LogP contribution in [0.2, 0.25) is 0 Å². The Balaban J connectivity index is 1.51. The molecule has 174 valence electrons. The Labute approximate surface area is 203 Å². The number of carbonyl (C=O) groups excluding carboxylic acids is 1. The van der Waals surface area contributed by atoms with E-state index in [2.05, 4.69) is 37.1 Å². The predicted molar refractivity (Wildman–Crippen MR) is 137 cm³/mol. The zero-order valence-electron chi connectivity index (χ0n) is 19.7. The summed E-state index contributed by atoms with van der Waals surface area (Å²) >= 11 is 1.36. The van der Waals surface area contributed by atoms with Crippen molar-refractivity contribution >= 4 is 22.9 Å². The van der Waals surface area contributed by atoms with Crippen molar-refractivity contribution < 1.29 is 13.9 Å². The molecule has 1 aromatic heterocycles. The molecule has 3 aromatic carbocycles. The number of hydrogen-bond donors (Lipinski definition) is 1. The summed E-state index contributed by atoms with van der Waals surface area (Å²) < 4.78 is 20.1. The van der Waals surface area contributed by atoms with Gasteiger partial charge < -0.3 is 10.1 Å². The molecule has 0 aliphatic carbocycles. The van der Waals surface area contributed by atoms with Crippen LogP contribution in [0.1, 0.15) is 31.9 Å². The molecule has 1 heterocycles. The average molecular weight is 475 g/mol. The van der Waals surface area contributed by atoms with Crippen molar-refractivity contribution in [2.24, 2.45) is 0 Å². The largest absolute Gasteiger partial charge is 0.483 e. The van der Waals surface area contributed by atoms with Gasteiger partial charge in [0, 0.05) is 16.5 Å². The number of anilines is 1. The molecule has 34 heavy (non-hydrogen) atoms. The SMILES string of the molecule is Cc1ccc(OCC(=O)Nc2ccccc2-c2csc(-c3ccccc3F)n2)c(C(C)(C)C)c1. The van der Waals surface area contributed by atoms with Gasteiger partial charge >= 0.3 is 0 Å². The monoisotopic (exact) mass is 474 g/mol. The van der Waals surface area contributed by atoms with Gasteiger partial charge in [0.25, 0.3) is 5.91 Å². The number of thiazole rings is 1. The molecular weight excluding hydrogens is 447 g/mol. The summed E-state index contributed by atoms with van der Waals surface area (Å²) in [5, 5.41) is 5.39. The fraction of sp³-hybridized carbons (Fsp3) is 0.214. The lowest BCUT2D eigenvalue weighted by molar-refractivity contribution is -0.118. The molecular formula is C28H27FN2O2S. The van der Waals surface area contributed by atoms with Crippen LogP contribution in [-0.4, -0.2) is 17.5 Å². The minimum absolute atomic E-state index is 0.106. The van der Waals surface area contributed by atoms with Crippen LogP contribution in [0, 0.1) is 12.7 Å². The van der Waals surface area contributed by atoms with Crippen molar-refractivity contribution in [1.82, 2.24) is 4.98 Å². The highest BCUT2D eigenvalue weighted by molar-refractivity contribution is 7.13. The molecule has 1 N–H and O–H groups in total. The highest BCUT2D eigenvalue weighted by Gasteiger charge is 2.20. The maximum atomic E-state index is 14.2.